The van der Waals surface area contributed by atoms with Crippen LogP contribution in [0.25, 0.3) is 22.4 Å². The van der Waals surface area contributed by atoms with Gasteiger partial charge in [-0.3, -0.25) is 9.68 Å². The van der Waals surface area contributed by atoms with Gasteiger partial charge >= 0.3 is 0 Å². The monoisotopic (exact) mass is 516 g/mol. The highest BCUT2D eigenvalue weighted by Gasteiger charge is 2.28. The lowest BCUT2D eigenvalue weighted by molar-refractivity contribution is -0.721. The van der Waals surface area contributed by atoms with Crippen LogP contribution in [0.1, 0.15) is 24.1 Å². The van der Waals surface area contributed by atoms with Crippen LogP contribution in [-0.2, 0) is 6.61 Å². The third kappa shape index (κ3) is 4.80. The first-order chi connectivity index (χ1) is 18.4. The SMILES string of the molecule is CC(c1cc2c(nc(-c3ccccc3)n2OCc2ccccc2)c(O[N+](=O)[O-])c1O[N+](=O)[O-])n1ccnc1. The van der Waals surface area contributed by atoms with E-state index in [-0.39, 0.29) is 23.2 Å². The summed E-state index contributed by atoms with van der Waals surface area (Å²) in [5, 5.41) is 20.8. The third-order valence-corrected chi connectivity index (χ3v) is 5.84. The Kier molecular flexibility index (Phi) is 6.55. The molecule has 0 saturated carbocycles. The van der Waals surface area contributed by atoms with E-state index in [1.165, 1.54) is 17.3 Å². The van der Waals surface area contributed by atoms with Gasteiger partial charge in [-0.2, -0.15) is 4.73 Å². The van der Waals surface area contributed by atoms with Gasteiger partial charge in [-0.25, -0.2) is 9.97 Å². The number of hydrogen-bond acceptors (Lipinski definition) is 9. The van der Waals surface area contributed by atoms with Crippen molar-refractivity contribution in [3.8, 4) is 22.9 Å². The van der Waals surface area contributed by atoms with Gasteiger partial charge in [0.15, 0.2) is 17.3 Å². The Morgan fingerprint density at radius 3 is 2.24 bits per heavy atom. The molecule has 38 heavy (non-hydrogen) atoms. The quantitative estimate of drug-likeness (QED) is 0.196. The molecule has 192 valence electrons. The van der Waals surface area contributed by atoms with E-state index in [1.54, 1.807) is 48.0 Å². The maximum absolute atomic E-state index is 11.5. The Hall–Kier alpha value is -5.46. The van der Waals surface area contributed by atoms with Crippen molar-refractivity contribution in [2.45, 2.75) is 19.6 Å². The Bertz CT molecular complexity index is 1590. The van der Waals surface area contributed by atoms with Crippen LogP contribution in [-0.4, -0.2) is 29.4 Å². The predicted molar refractivity (Wildman–Crippen MR) is 133 cm³/mol. The molecule has 0 radical (unpaired) electrons. The molecule has 13 heteroatoms. The number of benzene rings is 3. The Morgan fingerprint density at radius 1 is 0.947 bits per heavy atom. The highest BCUT2D eigenvalue weighted by atomic mass is 17.0. The van der Waals surface area contributed by atoms with Gasteiger partial charge in [0.25, 0.3) is 10.2 Å². The van der Waals surface area contributed by atoms with Gasteiger partial charge in [0.05, 0.1) is 12.4 Å². The van der Waals surface area contributed by atoms with Crippen LogP contribution < -0.4 is 14.5 Å². The van der Waals surface area contributed by atoms with E-state index in [1.807, 2.05) is 36.4 Å². The molecular formula is C25H20N6O7. The summed E-state index contributed by atoms with van der Waals surface area (Å²) in [4.78, 5) is 47.4. The van der Waals surface area contributed by atoms with E-state index in [0.29, 0.717) is 11.4 Å². The molecule has 0 spiro atoms. The molecule has 5 rings (SSSR count). The fourth-order valence-electron chi connectivity index (χ4n) is 4.07. The van der Waals surface area contributed by atoms with Crippen molar-refractivity contribution in [3.05, 3.63) is 117 Å². The minimum atomic E-state index is -1.07. The van der Waals surface area contributed by atoms with E-state index in [0.717, 1.165) is 5.56 Å². The lowest BCUT2D eigenvalue weighted by Crippen LogP contribution is -2.16. The topological polar surface area (TPSA) is 150 Å². The lowest BCUT2D eigenvalue weighted by Gasteiger charge is -2.19. The van der Waals surface area contributed by atoms with Crippen molar-refractivity contribution in [2.75, 3.05) is 0 Å². The summed E-state index contributed by atoms with van der Waals surface area (Å²) in [6.45, 7) is 1.88. The van der Waals surface area contributed by atoms with Crippen molar-refractivity contribution in [1.82, 2.24) is 19.3 Å². The van der Waals surface area contributed by atoms with Crippen LogP contribution >= 0.6 is 0 Å². The molecule has 0 fully saturated rings. The van der Waals surface area contributed by atoms with Crippen LogP contribution in [0.4, 0.5) is 0 Å². The number of fused-ring (bicyclic) bond motifs is 1. The zero-order chi connectivity index (χ0) is 26.6. The van der Waals surface area contributed by atoms with E-state index >= 15 is 0 Å². The minimum Gasteiger partial charge on any atom is -0.407 e. The fraction of sp³-hybridized carbons (Fsp3) is 0.120. The Balaban J connectivity index is 1.79. The summed E-state index contributed by atoms with van der Waals surface area (Å²) in [6, 6.07) is 19.4. The van der Waals surface area contributed by atoms with E-state index in [9.17, 15) is 20.2 Å². The molecule has 0 bridgehead atoms. The largest absolute Gasteiger partial charge is 0.407 e. The summed E-state index contributed by atoms with van der Waals surface area (Å²) in [5.74, 6) is -0.664. The third-order valence-electron chi connectivity index (χ3n) is 5.84. The molecule has 0 aliphatic carbocycles. The molecule has 1 unspecified atom stereocenters. The van der Waals surface area contributed by atoms with Crippen LogP contribution in [0, 0.1) is 20.2 Å². The predicted octanol–water partition coefficient (Wildman–Crippen LogP) is 4.28. The second kappa shape index (κ2) is 10.3. The summed E-state index contributed by atoms with van der Waals surface area (Å²) < 4.78 is 3.10. The smallest absolute Gasteiger partial charge is 0.299 e. The van der Waals surface area contributed by atoms with E-state index in [2.05, 4.69) is 9.97 Å². The van der Waals surface area contributed by atoms with Gasteiger partial charge in [-0.05, 0) is 18.6 Å². The van der Waals surface area contributed by atoms with E-state index in [4.69, 9.17) is 14.5 Å². The molecule has 13 nitrogen and oxygen atoms in total. The second-order valence-electron chi connectivity index (χ2n) is 8.16. The standard InChI is InChI=1S/C25H20N6O7/c1-17(28-13-12-26-16-28)20-14-21-22(24(38-31(34)35)23(20)37-30(32)33)27-25(19-10-6-3-7-11-19)29(21)36-15-18-8-4-2-5-9-18/h2-14,16-17H,15H2,1H3. The van der Waals surface area contributed by atoms with Gasteiger partial charge in [0.2, 0.25) is 0 Å². The molecule has 0 N–H and O–H groups in total. The molecule has 1 atom stereocenters. The number of imidazole rings is 2. The van der Waals surface area contributed by atoms with Gasteiger partial charge in [-0.15, -0.1) is 20.2 Å². The maximum Gasteiger partial charge on any atom is 0.299 e. The average Bonchev–Trinajstić information content (AvgIpc) is 3.57. The Morgan fingerprint density at radius 2 is 1.61 bits per heavy atom. The molecule has 0 amide bonds. The van der Waals surface area contributed by atoms with E-state index < -0.39 is 27.7 Å². The normalized spacial score (nSPS) is 11.7. The van der Waals surface area contributed by atoms with Gasteiger partial charge in [0, 0.05) is 23.5 Å². The highest BCUT2D eigenvalue weighted by Crippen LogP contribution is 2.43. The van der Waals surface area contributed by atoms with Crippen molar-refractivity contribution >= 4 is 11.0 Å². The van der Waals surface area contributed by atoms with Crippen molar-refractivity contribution < 1.29 is 24.7 Å². The zero-order valence-electron chi connectivity index (χ0n) is 19.9. The van der Waals surface area contributed by atoms with Crippen LogP contribution in [0.3, 0.4) is 0 Å². The molecule has 0 saturated heterocycles. The summed E-state index contributed by atoms with van der Waals surface area (Å²) in [7, 11) is 0. The molecule has 2 aromatic heterocycles. The van der Waals surface area contributed by atoms with Crippen LogP contribution in [0.15, 0.2) is 85.5 Å². The first kappa shape index (κ1) is 24.2. The van der Waals surface area contributed by atoms with Crippen LogP contribution in [0.2, 0.25) is 0 Å². The summed E-state index contributed by atoms with van der Waals surface area (Å²) in [6.07, 6.45) is 4.70. The lowest BCUT2D eigenvalue weighted by atomic mass is 10.1. The molecule has 0 aliphatic heterocycles. The molecular weight excluding hydrogens is 496 g/mol. The molecule has 0 aliphatic rings. The van der Waals surface area contributed by atoms with Crippen molar-refractivity contribution in [2.24, 2.45) is 0 Å². The maximum atomic E-state index is 11.5. The Labute approximate surface area is 214 Å². The molecule has 5 aromatic rings. The zero-order valence-corrected chi connectivity index (χ0v) is 19.9. The van der Waals surface area contributed by atoms with Gasteiger partial charge < -0.3 is 9.40 Å². The van der Waals surface area contributed by atoms with Crippen LogP contribution in [0.5, 0.6) is 11.5 Å². The van der Waals surface area contributed by atoms with Gasteiger partial charge in [-0.1, -0.05) is 60.7 Å². The minimum absolute atomic E-state index is 0.0490. The number of rotatable bonds is 10. The summed E-state index contributed by atoms with van der Waals surface area (Å²) in [5.41, 5.74) is 1.97. The first-order valence-electron chi connectivity index (χ1n) is 11.4. The molecule has 2 heterocycles. The second-order valence-corrected chi connectivity index (χ2v) is 8.16. The number of aromatic nitrogens is 4. The van der Waals surface area contributed by atoms with Crippen molar-refractivity contribution in [1.29, 1.82) is 0 Å². The first-order valence-corrected chi connectivity index (χ1v) is 11.4. The van der Waals surface area contributed by atoms with Gasteiger partial charge in [0.1, 0.15) is 17.6 Å². The summed E-state index contributed by atoms with van der Waals surface area (Å²) >= 11 is 0. The average molecular weight is 516 g/mol. The number of hydrogen-bond donors (Lipinski definition) is 0. The fourth-order valence-corrected chi connectivity index (χ4v) is 4.07. The molecule has 3 aromatic carbocycles. The van der Waals surface area contributed by atoms with Crippen molar-refractivity contribution in [3.63, 3.8) is 0 Å². The number of nitrogens with zero attached hydrogens (tertiary/aromatic N) is 6. The highest BCUT2D eigenvalue weighted by molar-refractivity contribution is 5.89.